The van der Waals surface area contributed by atoms with Gasteiger partial charge in [0.25, 0.3) is 0 Å². The number of anilines is 1. The van der Waals surface area contributed by atoms with Gasteiger partial charge in [-0.3, -0.25) is 0 Å². The van der Waals surface area contributed by atoms with E-state index in [-0.39, 0.29) is 6.04 Å². The van der Waals surface area contributed by atoms with Gasteiger partial charge in [0.15, 0.2) is 0 Å². The average molecular weight is 324 g/mol. The van der Waals surface area contributed by atoms with Gasteiger partial charge in [-0.25, -0.2) is 18.4 Å². The molecule has 1 aliphatic heterocycles. The van der Waals surface area contributed by atoms with Crippen molar-refractivity contribution in [2.75, 3.05) is 24.7 Å². The van der Waals surface area contributed by atoms with Gasteiger partial charge in [-0.2, -0.15) is 4.31 Å². The van der Waals surface area contributed by atoms with E-state index in [0.29, 0.717) is 19.0 Å². The van der Waals surface area contributed by atoms with Crippen LogP contribution in [-0.2, 0) is 22.9 Å². The highest BCUT2D eigenvalue weighted by molar-refractivity contribution is 7.88. The number of fused-ring (bicyclic) bond motifs is 1. The van der Waals surface area contributed by atoms with Crippen LogP contribution in [0.1, 0.15) is 37.4 Å². The van der Waals surface area contributed by atoms with Gasteiger partial charge < -0.3 is 5.32 Å². The predicted octanol–water partition coefficient (Wildman–Crippen LogP) is 1.44. The van der Waals surface area contributed by atoms with Crippen molar-refractivity contribution in [3.05, 3.63) is 17.6 Å². The van der Waals surface area contributed by atoms with Crippen LogP contribution >= 0.6 is 0 Å². The van der Waals surface area contributed by atoms with E-state index in [1.54, 1.807) is 10.6 Å². The van der Waals surface area contributed by atoms with Crippen molar-refractivity contribution in [1.29, 1.82) is 0 Å². The number of hydrogen-bond acceptors (Lipinski definition) is 5. The van der Waals surface area contributed by atoms with Crippen LogP contribution in [0.2, 0.25) is 0 Å². The first-order valence-electron chi connectivity index (χ1n) is 8.03. The molecule has 122 valence electrons. The van der Waals surface area contributed by atoms with Gasteiger partial charge in [0.1, 0.15) is 12.1 Å². The fourth-order valence-corrected chi connectivity index (χ4v) is 4.48. The zero-order valence-electron chi connectivity index (χ0n) is 13.2. The summed E-state index contributed by atoms with van der Waals surface area (Å²) in [6, 6.07) is 0.134. The van der Waals surface area contributed by atoms with Crippen LogP contribution in [0.25, 0.3) is 0 Å². The third kappa shape index (κ3) is 3.10. The lowest BCUT2D eigenvalue weighted by Crippen LogP contribution is -2.31. The molecule has 1 saturated heterocycles. The smallest absolute Gasteiger partial charge is 0.211 e. The van der Waals surface area contributed by atoms with Crippen molar-refractivity contribution in [1.82, 2.24) is 14.3 Å². The van der Waals surface area contributed by atoms with Crippen LogP contribution in [0.3, 0.4) is 0 Å². The molecule has 6 nitrogen and oxygen atoms in total. The highest BCUT2D eigenvalue weighted by Crippen LogP contribution is 2.30. The summed E-state index contributed by atoms with van der Waals surface area (Å²) in [4.78, 5) is 8.75. The summed E-state index contributed by atoms with van der Waals surface area (Å²) in [5, 5.41) is 3.52. The Morgan fingerprint density at radius 3 is 2.86 bits per heavy atom. The Hall–Kier alpha value is -1.21. The Morgan fingerprint density at radius 1 is 1.32 bits per heavy atom. The molecule has 0 bridgehead atoms. The van der Waals surface area contributed by atoms with Gasteiger partial charge in [0, 0.05) is 30.4 Å². The summed E-state index contributed by atoms with van der Waals surface area (Å²) in [6.45, 7) is 3.28. The van der Waals surface area contributed by atoms with Crippen LogP contribution in [0.4, 0.5) is 5.82 Å². The number of rotatable bonds is 5. The molecule has 22 heavy (non-hydrogen) atoms. The maximum Gasteiger partial charge on any atom is 0.211 e. The molecule has 2 atom stereocenters. The van der Waals surface area contributed by atoms with E-state index in [1.807, 2.05) is 0 Å². The van der Waals surface area contributed by atoms with E-state index in [9.17, 15) is 8.42 Å². The van der Waals surface area contributed by atoms with Gasteiger partial charge in [-0.05, 0) is 31.6 Å². The van der Waals surface area contributed by atoms with Crippen molar-refractivity contribution < 1.29 is 8.42 Å². The van der Waals surface area contributed by atoms with E-state index >= 15 is 0 Å². The van der Waals surface area contributed by atoms with Crippen LogP contribution in [0.5, 0.6) is 0 Å². The largest absolute Gasteiger partial charge is 0.365 e. The van der Waals surface area contributed by atoms with E-state index < -0.39 is 10.0 Å². The molecule has 0 saturated carbocycles. The van der Waals surface area contributed by atoms with Crippen LogP contribution < -0.4 is 5.32 Å². The van der Waals surface area contributed by atoms with Crippen LogP contribution in [0, 0.1) is 5.92 Å². The molecule has 0 unspecified atom stereocenters. The molecule has 1 fully saturated rings. The SMILES string of the molecule is CCC[C@H]1CN(S(C)(=O)=O)C[C@@H]1Nc1ncnc2c1CCC2. The van der Waals surface area contributed by atoms with E-state index in [4.69, 9.17) is 0 Å². The molecule has 0 radical (unpaired) electrons. The number of nitrogens with one attached hydrogen (secondary N) is 1. The normalized spacial score (nSPS) is 25.4. The lowest BCUT2D eigenvalue weighted by atomic mass is 9.98. The first kappa shape index (κ1) is 15.7. The van der Waals surface area contributed by atoms with Crippen molar-refractivity contribution in [2.24, 2.45) is 5.92 Å². The van der Waals surface area contributed by atoms with E-state index in [2.05, 4.69) is 22.2 Å². The summed E-state index contributed by atoms with van der Waals surface area (Å²) in [5.74, 6) is 1.25. The molecular weight excluding hydrogens is 300 g/mol. The molecule has 3 rings (SSSR count). The summed E-state index contributed by atoms with van der Waals surface area (Å²) in [5.41, 5.74) is 2.36. The lowest BCUT2D eigenvalue weighted by molar-refractivity contribution is 0.445. The Kier molecular flexibility index (Phi) is 4.36. The Balaban J connectivity index is 1.80. The number of sulfonamides is 1. The maximum atomic E-state index is 11.8. The van der Waals surface area contributed by atoms with E-state index in [0.717, 1.165) is 43.6 Å². The van der Waals surface area contributed by atoms with Crippen molar-refractivity contribution in [2.45, 2.75) is 45.1 Å². The number of nitrogens with zero attached hydrogens (tertiary/aromatic N) is 3. The summed E-state index contributed by atoms with van der Waals surface area (Å²) in [6.07, 6.45) is 8.15. The molecule has 2 aliphatic rings. The van der Waals surface area contributed by atoms with Gasteiger partial charge in [0.2, 0.25) is 10.0 Å². The van der Waals surface area contributed by atoms with Gasteiger partial charge in [-0.1, -0.05) is 13.3 Å². The number of aromatic nitrogens is 2. The molecule has 1 aromatic heterocycles. The highest BCUT2D eigenvalue weighted by Gasteiger charge is 2.37. The van der Waals surface area contributed by atoms with Crippen LogP contribution in [-0.4, -0.2) is 48.1 Å². The number of hydrogen-bond donors (Lipinski definition) is 1. The monoisotopic (exact) mass is 324 g/mol. The van der Waals surface area contributed by atoms with Gasteiger partial charge in [-0.15, -0.1) is 0 Å². The summed E-state index contributed by atoms with van der Waals surface area (Å²) >= 11 is 0. The second-order valence-corrected chi connectivity index (χ2v) is 8.36. The molecule has 0 aromatic carbocycles. The Morgan fingerprint density at radius 2 is 2.14 bits per heavy atom. The Bertz CT molecular complexity index is 647. The Labute approximate surface area is 132 Å². The third-order valence-corrected chi connectivity index (χ3v) is 5.97. The lowest BCUT2D eigenvalue weighted by Gasteiger charge is -2.21. The zero-order chi connectivity index (χ0) is 15.7. The molecule has 0 amide bonds. The molecular formula is C15H24N4O2S. The molecule has 7 heteroatoms. The highest BCUT2D eigenvalue weighted by atomic mass is 32.2. The fourth-order valence-electron chi connectivity index (χ4n) is 3.59. The van der Waals surface area contributed by atoms with Gasteiger partial charge in [0.05, 0.1) is 6.26 Å². The minimum absolute atomic E-state index is 0.134. The van der Waals surface area contributed by atoms with E-state index in [1.165, 1.54) is 11.8 Å². The van der Waals surface area contributed by atoms with Crippen molar-refractivity contribution in [3.63, 3.8) is 0 Å². The molecule has 0 spiro atoms. The molecule has 2 heterocycles. The predicted molar refractivity (Wildman–Crippen MR) is 86.3 cm³/mol. The molecule has 1 aromatic rings. The topological polar surface area (TPSA) is 75.2 Å². The van der Waals surface area contributed by atoms with Crippen molar-refractivity contribution >= 4 is 15.8 Å². The second kappa shape index (κ2) is 6.12. The number of aryl methyl sites for hydroxylation is 1. The van der Waals surface area contributed by atoms with Crippen LogP contribution in [0.15, 0.2) is 6.33 Å². The minimum Gasteiger partial charge on any atom is -0.365 e. The van der Waals surface area contributed by atoms with Crippen molar-refractivity contribution in [3.8, 4) is 0 Å². The molecule has 1 N–H and O–H groups in total. The second-order valence-electron chi connectivity index (χ2n) is 6.38. The zero-order valence-corrected chi connectivity index (χ0v) is 14.1. The maximum absolute atomic E-state index is 11.8. The molecule has 1 aliphatic carbocycles. The summed E-state index contributed by atoms with van der Waals surface area (Å²) in [7, 11) is -3.13. The first-order chi connectivity index (χ1) is 10.5. The standard InChI is InChI=1S/C15H24N4O2S/c1-3-5-11-8-19(22(2,20)21)9-14(11)18-15-12-6-4-7-13(12)16-10-17-15/h10-11,14H,3-9H2,1-2H3,(H,16,17,18)/t11-,14-/m0/s1. The average Bonchev–Trinajstić information content (AvgIpc) is 3.06. The first-order valence-corrected chi connectivity index (χ1v) is 9.88. The fraction of sp³-hybridized carbons (Fsp3) is 0.733. The third-order valence-electron chi connectivity index (χ3n) is 4.73. The quantitative estimate of drug-likeness (QED) is 0.887. The minimum atomic E-state index is -3.13. The van der Waals surface area contributed by atoms with Gasteiger partial charge >= 0.3 is 0 Å². The summed E-state index contributed by atoms with van der Waals surface area (Å²) < 4.78 is 25.3.